The molecule has 0 fully saturated rings. The van der Waals surface area contributed by atoms with Gasteiger partial charge >= 0.3 is 0 Å². The Balaban J connectivity index is 2.12. The summed E-state index contributed by atoms with van der Waals surface area (Å²) in [5.41, 5.74) is 8.35. The van der Waals surface area contributed by atoms with E-state index >= 15 is 0 Å². The van der Waals surface area contributed by atoms with Crippen LogP contribution < -0.4 is 10.5 Å². The number of allylic oxidation sites excluding steroid dienone is 1. The lowest BCUT2D eigenvalue weighted by Gasteiger charge is -2.11. The van der Waals surface area contributed by atoms with Crippen LogP contribution in [-0.2, 0) is 11.3 Å². The van der Waals surface area contributed by atoms with Crippen molar-refractivity contribution >= 4 is 59.0 Å². The van der Waals surface area contributed by atoms with Gasteiger partial charge in [0.15, 0.2) is 0 Å². The third-order valence-electron chi connectivity index (χ3n) is 3.72. The minimum Gasteiger partial charge on any atom is -0.495 e. The third-order valence-corrected chi connectivity index (χ3v) is 5.74. The van der Waals surface area contributed by atoms with Gasteiger partial charge in [0.2, 0.25) is 6.41 Å². The number of rotatable bonds is 10. The molecule has 10 heteroatoms. The minimum absolute atomic E-state index is 0.269. The Morgan fingerprint density at radius 3 is 2.86 bits per heavy atom. The van der Waals surface area contributed by atoms with Crippen LogP contribution in [0.3, 0.4) is 0 Å². The summed E-state index contributed by atoms with van der Waals surface area (Å²) in [5, 5.41) is 5.59. The molecule has 0 saturated carbocycles. The molecule has 0 radical (unpaired) electrons. The van der Waals surface area contributed by atoms with Gasteiger partial charge in [0, 0.05) is 22.2 Å². The number of amides is 1. The van der Waals surface area contributed by atoms with E-state index in [4.69, 9.17) is 10.5 Å². The molecule has 2 aromatic rings. The van der Waals surface area contributed by atoms with Crippen molar-refractivity contribution in [3.63, 3.8) is 0 Å². The third kappa shape index (κ3) is 7.75. The van der Waals surface area contributed by atoms with E-state index in [1.54, 1.807) is 37.9 Å². The number of carbonyl (C=O) groups is 1. The lowest BCUT2D eigenvalue weighted by molar-refractivity contribution is -0.118. The van der Waals surface area contributed by atoms with E-state index in [9.17, 15) is 4.79 Å². The number of hydrogen-bond acceptors (Lipinski definition) is 7. The standard InChI is InChI=1S/C19H21IN5O2PS/c1-14-3-6-18(29-19(8-21)11-24-28-20)7-15(14)9-23-25(13-26)12-16-4-5-17(27-2)10-22-16/h3-11,13,28H,12,21H2,1-2H3/b19-8+,23-9-,24-11+. The smallest absolute Gasteiger partial charge is 0.230 e. The zero-order valence-electron chi connectivity index (χ0n) is 15.9. The van der Waals surface area contributed by atoms with Gasteiger partial charge in [-0.1, -0.05) is 17.8 Å². The van der Waals surface area contributed by atoms with Gasteiger partial charge in [-0.2, -0.15) is 5.10 Å². The van der Waals surface area contributed by atoms with Crippen molar-refractivity contribution in [2.45, 2.75) is 18.4 Å². The maximum absolute atomic E-state index is 11.4. The number of aromatic nitrogens is 1. The highest BCUT2D eigenvalue weighted by atomic mass is 127. The van der Waals surface area contributed by atoms with Gasteiger partial charge in [0.1, 0.15) is 5.75 Å². The molecule has 0 aliphatic rings. The highest BCUT2D eigenvalue weighted by Gasteiger charge is 2.05. The summed E-state index contributed by atoms with van der Waals surface area (Å²) in [4.78, 5) is 17.5. The fraction of sp³-hybridized carbons (Fsp3) is 0.158. The van der Waals surface area contributed by atoms with Crippen molar-refractivity contribution in [1.29, 1.82) is 0 Å². The maximum atomic E-state index is 11.4. The van der Waals surface area contributed by atoms with Crippen LogP contribution in [0.15, 0.2) is 62.4 Å². The molecule has 1 aromatic carbocycles. The van der Waals surface area contributed by atoms with E-state index in [-0.39, 0.29) is 6.54 Å². The van der Waals surface area contributed by atoms with Crippen molar-refractivity contribution in [2.75, 3.05) is 7.11 Å². The van der Waals surface area contributed by atoms with Crippen molar-refractivity contribution in [3.8, 4) is 5.75 Å². The first-order valence-electron chi connectivity index (χ1n) is 8.43. The molecular formula is C19H21IN5O2PS. The molecule has 7 nitrogen and oxygen atoms in total. The fourth-order valence-corrected chi connectivity index (χ4v) is 3.65. The highest BCUT2D eigenvalue weighted by molar-refractivity contribution is 14.2. The SMILES string of the molecule is COc1ccc(CN(C=O)/N=C\c2cc(SC(/C=N/PI)=C/N)ccc2C)nc1. The molecule has 0 aliphatic carbocycles. The summed E-state index contributed by atoms with van der Waals surface area (Å²) in [7, 11) is 1.58. The molecule has 0 bridgehead atoms. The number of methoxy groups -OCH3 is 1. The van der Waals surface area contributed by atoms with Gasteiger partial charge in [-0.15, -0.1) is 0 Å². The summed E-state index contributed by atoms with van der Waals surface area (Å²) in [5.74, 6) is 0.662. The monoisotopic (exact) mass is 541 g/mol. The Kier molecular flexibility index (Phi) is 10.1. The predicted octanol–water partition coefficient (Wildman–Crippen LogP) is 4.30. The topological polar surface area (TPSA) is 93.2 Å². The van der Waals surface area contributed by atoms with Crippen molar-refractivity contribution in [2.24, 2.45) is 15.6 Å². The molecule has 0 aliphatic heterocycles. The van der Waals surface area contributed by atoms with E-state index < -0.39 is 0 Å². The average Bonchev–Trinajstić information content (AvgIpc) is 2.76. The first kappa shape index (κ1) is 23.3. The van der Waals surface area contributed by atoms with Crippen LogP contribution in [0.25, 0.3) is 0 Å². The first-order chi connectivity index (χ1) is 14.1. The number of nitrogens with zero attached hydrogens (tertiary/aromatic N) is 4. The van der Waals surface area contributed by atoms with Crippen LogP contribution >= 0.6 is 40.2 Å². The van der Waals surface area contributed by atoms with Crippen molar-refractivity contribution < 1.29 is 9.53 Å². The number of nitrogens with two attached hydrogens (primary N) is 1. The molecule has 1 heterocycles. The zero-order valence-corrected chi connectivity index (χ0v) is 19.9. The molecule has 29 heavy (non-hydrogen) atoms. The second kappa shape index (κ2) is 12.6. The summed E-state index contributed by atoms with van der Waals surface area (Å²) >= 11 is 3.72. The molecule has 2 N–H and O–H groups in total. The molecule has 2 rings (SSSR count). The average molecular weight is 541 g/mol. The van der Waals surface area contributed by atoms with Crippen molar-refractivity contribution in [1.82, 2.24) is 9.99 Å². The Labute approximate surface area is 189 Å². The molecule has 1 atom stereocenters. The van der Waals surface area contributed by atoms with Gasteiger partial charge in [-0.05, 0) is 64.4 Å². The number of pyridine rings is 1. The van der Waals surface area contributed by atoms with E-state index in [1.807, 2.05) is 25.1 Å². The quantitative estimate of drug-likeness (QED) is 0.121. The summed E-state index contributed by atoms with van der Waals surface area (Å²) in [6, 6.07) is 9.61. The lowest BCUT2D eigenvalue weighted by Crippen LogP contribution is -2.15. The molecule has 1 unspecified atom stereocenters. The van der Waals surface area contributed by atoms with Gasteiger partial charge in [-0.3, -0.25) is 14.5 Å². The fourth-order valence-electron chi connectivity index (χ4n) is 2.18. The van der Waals surface area contributed by atoms with Crippen LogP contribution in [-0.4, -0.2) is 35.9 Å². The van der Waals surface area contributed by atoms with E-state index in [1.165, 1.54) is 23.0 Å². The molecule has 1 amide bonds. The first-order valence-corrected chi connectivity index (χ1v) is 13.3. The maximum Gasteiger partial charge on any atom is 0.230 e. The van der Waals surface area contributed by atoms with E-state index in [0.29, 0.717) is 24.2 Å². The van der Waals surface area contributed by atoms with Crippen LogP contribution in [0.5, 0.6) is 5.75 Å². The Morgan fingerprint density at radius 2 is 2.24 bits per heavy atom. The number of thioether (sulfide) groups is 1. The van der Waals surface area contributed by atoms with Crippen LogP contribution in [0.4, 0.5) is 0 Å². The Bertz CT molecular complexity index is 906. The van der Waals surface area contributed by atoms with Gasteiger partial charge < -0.3 is 10.5 Å². The second-order valence-corrected chi connectivity index (χ2v) is 8.69. The predicted molar refractivity (Wildman–Crippen MR) is 130 cm³/mol. The largest absolute Gasteiger partial charge is 0.495 e. The number of benzene rings is 1. The summed E-state index contributed by atoms with van der Waals surface area (Å²) in [6.45, 7) is 2.26. The Hall–Kier alpha value is -1.97. The normalized spacial score (nSPS) is 12.3. The minimum atomic E-state index is 0.269. The molecule has 0 saturated heterocycles. The number of aryl methyl sites for hydroxylation is 1. The molecule has 152 valence electrons. The molecule has 0 spiro atoms. The number of hydrazone groups is 1. The number of hydrogen-bond donors (Lipinski definition) is 1. The van der Waals surface area contributed by atoms with Gasteiger partial charge in [0.05, 0.1) is 38.1 Å². The van der Waals surface area contributed by atoms with Crippen LogP contribution in [0, 0.1) is 6.92 Å². The molecule has 1 aromatic heterocycles. The van der Waals surface area contributed by atoms with E-state index in [2.05, 4.69) is 36.9 Å². The zero-order chi connectivity index (χ0) is 21.1. The second-order valence-electron chi connectivity index (χ2n) is 5.67. The number of carbonyl (C=O) groups excluding carboxylic acids is 1. The Morgan fingerprint density at radius 1 is 1.41 bits per heavy atom. The van der Waals surface area contributed by atoms with Crippen molar-refractivity contribution in [3.05, 3.63) is 64.5 Å². The summed E-state index contributed by atoms with van der Waals surface area (Å²) < 4.78 is 9.33. The van der Waals surface area contributed by atoms with Gasteiger partial charge in [-0.25, -0.2) is 5.01 Å². The number of ether oxygens (including phenoxy) is 1. The van der Waals surface area contributed by atoms with Gasteiger partial charge in [0.25, 0.3) is 0 Å². The lowest BCUT2D eigenvalue weighted by atomic mass is 10.1. The summed E-state index contributed by atoms with van der Waals surface area (Å²) in [6.07, 6.45) is 7.70. The van der Waals surface area contributed by atoms with E-state index in [0.717, 1.165) is 20.9 Å². The number of halogens is 1. The van der Waals surface area contributed by atoms with Crippen LogP contribution in [0.2, 0.25) is 0 Å². The van der Waals surface area contributed by atoms with Crippen LogP contribution in [0.1, 0.15) is 16.8 Å². The molecular weight excluding hydrogens is 520 g/mol. The highest BCUT2D eigenvalue weighted by Crippen LogP contribution is 2.28.